The van der Waals surface area contributed by atoms with Crippen LogP contribution in [0.2, 0.25) is 0 Å². The van der Waals surface area contributed by atoms with Gasteiger partial charge in [-0.25, -0.2) is 4.79 Å². The Balaban J connectivity index is 1.77. The average molecular weight is 317 g/mol. The van der Waals surface area contributed by atoms with Gasteiger partial charge in [-0.15, -0.1) is 0 Å². The van der Waals surface area contributed by atoms with E-state index in [2.05, 4.69) is 11.0 Å². The third kappa shape index (κ3) is 6.74. The average Bonchev–Trinajstić information content (AvgIpc) is 2.51. The molecule has 1 heterocycles. The van der Waals surface area contributed by atoms with Crippen molar-refractivity contribution in [2.45, 2.75) is 64.9 Å². The Kier molecular flexibility index (Phi) is 6.64. The standard InChI is InChI=1S/C20H31NO2/c1-20(2,3)23-19(22)18-12-9-11-17(16-18)10-5-8-15-21-13-6-4-7-14-21/h9,11-12,16H,4-8,10,13-15H2,1-3H3. The molecule has 1 aliphatic heterocycles. The largest absolute Gasteiger partial charge is 0.456 e. The highest BCUT2D eigenvalue weighted by molar-refractivity contribution is 5.89. The number of unbranched alkanes of at least 4 members (excludes halogenated alkanes) is 1. The van der Waals surface area contributed by atoms with Gasteiger partial charge in [-0.2, -0.15) is 0 Å². The summed E-state index contributed by atoms with van der Waals surface area (Å²) in [6.45, 7) is 9.45. The summed E-state index contributed by atoms with van der Waals surface area (Å²) in [5, 5.41) is 0. The highest BCUT2D eigenvalue weighted by atomic mass is 16.6. The first-order chi connectivity index (χ1) is 10.9. The van der Waals surface area contributed by atoms with E-state index in [0.717, 1.165) is 6.42 Å². The second-order valence-corrected chi connectivity index (χ2v) is 7.56. The molecule has 0 unspecified atom stereocenters. The highest BCUT2D eigenvalue weighted by Gasteiger charge is 2.17. The van der Waals surface area contributed by atoms with Gasteiger partial charge in [0, 0.05) is 0 Å². The van der Waals surface area contributed by atoms with Crippen LogP contribution < -0.4 is 0 Å². The SMILES string of the molecule is CC(C)(C)OC(=O)c1cccc(CCCCN2CCCCC2)c1. The summed E-state index contributed by atoms with van der Waals surface area (Å²) in [4.78, 5) is 14.7. The predicted octanol–water partition coefficient (Wildman–Crippen LogP) is 4.45. The van der Waals surface area contributed by atoms with Gasteiger partial charge in [-0.05, 0) is 90.2 Å². The molecule has 0 radical (unpaired) electrons. The molecule has 128 valence electrons. The molecule has 1 saturated heterocycles. The van der Waals surface area contributed by atoms with E-state index in [4.69, 9.17) is 4.74 Å². The fraction of sp³-hybridized carbons (Fsp3) is 0.650. The van der Waals surface area contributed by atoms with Gasteiger partial charge in [-0.3, -0.25) is 0 Å². The molecule has 3 heteroatoms. The van der Waals surface area contributed by atoms with Gasteiger partial charge in [0.15, 0.2) is 0 Å². The summed E-state index contributed by atoms with van der Waals surface area (Å²) in [5.74, 6) is -0.229. The summed E-state index contributed by atoms with van der Waals surface area (Å²) in [5.41, 5.74) is 1.45. The first kappa shape index (κ1) is 18.0. The highest BCUT2D eigenvalue weighted by Crippen LogP contribution is 2.15. The Morgan fingerprint density at radius 2 is 1.87 bits per heavy atom. The quantitative estimate of drug-likeness (QED) is 0.573. The lowest BCUT2D eigenvalue weighted by Crippen LogP contribution is -2.30. The van der Waals surface area contributed by atoms with E-state index >= 15 is 0 Å². The van der Waals surface area contributed by atoms with Crippen LogP contribution in [0.25, 0.3) is 0 Å². The molecule has 23 heavy (non-hydrogen) atoms. The third-order valence-electron chi connectivity index (χ3n) is 4.20. The zero-order valence-electron chi connectivity index (χ0n) is 14.9. The molecule has 1 aromatic rings. The van der Waals surface area contributed by atoms with E-state index in [1.165, 1.54) is 57.3 Å². The van der Waals surface area contributed by atoms with Crippen molar-refractivity contribution in [1.82, 2.24) is 4.90 Å². The van der Waals surface area contributed by atoms with Gasteiger partial charge >= 0.3 is 5.97 Å². The molecule has 0 aliphatic carbocycles. The van der Waals surface area contributed by atoms with Crippen molar-refractivity contribution in [1.29, 1.82) is 0 Å². The van der Waals surface area contributed by atoms with E-state index in [0.29, 0.717) is 5.56 Å². The third-order valence-corrected chi connectivity index (χ3v) is 4.20. The molecule has 0 saturated carbocycles. The van der Waals surface area contributed by atoms with E-state index in [1.807, 2.05) is 39.0 Å². The van der Waals surface area contributed by atoms with Crippen LogP contribution in [-0.4, -0.2) is 36.1 Å². The zero-order chi connectivity index (χ0) is 16.7. The van der Waals surface area contributed by atoms with Gasteiger partial charge in [-0.1, -0.05) is 18.6 Å². The lowest BCUT2D eigenvalue weighted by molar-refractivity contribution is 0.00694. The number of rotatable bonds is 6. The van der Waals surface area contributed by atoms with Crippen molar-refractivity contribution in [3.8, 4) is 0 Å². The molecule has 1 aliphatic rings. The van der Waals surface area contributed by atoms with Crippen LogP contribution in [0.5, 0.6) is 0 Å². The Labute approximate surface area is 141 Å². The monoisotopic (exact) mass is 317 g/mol. The predicted molar refractivity (Wildman–Crippen MR) is 94.8 cm³/mol. The minimum absolute atomic E-state index is 0.229. The Hall–Kier alpha value is -1.35. The molecule has 0 spiro atoms. The van der Waals surface area contributed by atoms with Crippen LogP contribution in [0.4, 0.5) is 0 Å². The van der Waals surface area contributed by atoms with Crippen molar-refractivity contribution in [2.75, 3.05) is 19.6 Å². The van der Waals surface area contributed by atoms with Gasteiger partial charge < -0.3 is 9.64 Å². The fourth-order valence-electron chi connectivity index (χ4n) is 3.04. The second kappa shape index (κ2) is 8.49. The van der Waals surface area contributed by atoms with Crippen LogP contribution in [-0.2, 0) is 11.2 Å². The molecule has 0 N–H and O–H groups in total. The molecule has 0 amide bonds. The van der Waals surface area contributed by atoms with E-state index < -0.39 is 5.60 Å². The number of ether oxygens (including phenoxy) is 1. The minimum Gasteiger partial charge on any atom is -0.456 e. The van der Waals surface area contributed by atoms with Gasteiger partial charge in [0.05, 0.1) is 5.56 Å². The van der Waals surface area contributed by atoms with Crippen LogP contribution in [0.1, 0.15) is 68.8 Å². The molecule has 0 atom stereocenters. The number of esters is 1. The summed E-state index contributed by atoms with van der Waals surface area (Å²) in [6.07, 6.45) is 7.55. The molecule has 0 bridgehead atoms. The lowest BCUT2D eigenvalue weighted by atomic mass is 10.0. The number of nitrogens with zero attached hydrogens (tertiary/aromatic N) is 1. The molecule has 0 aromatic heterocycles. The maximum Gasteiger partial charge on any atom is 0.338 e. The Bertz CT molecular complexity index is 499. The first-order valence-electron chi connectivity index (χ1n) is 8.99. The lowest BCUT2D eigenvalue weighted by Gasteiger charge is -2.26. The molecule has 3 nitrogen and oxygen atoms in total. The number of likely N-dealkylation sites (tertiary alicyclic amines) is 1. The van der Waals surface area contributed by atoms with Crippen LogP contribution >= 0.6 is 0 Å². The van der Waals surface area contributed by atoms with Crippen molar-refractivity contribution >= 4 is 5.97 Å². The van der Waals surface area contributed by atoms with Gasteiger partial charge in [0.25, 0.3) is 0 Å². The fourth-order valence-corrected chi connectivity index (χ4v) is 3.04. The first-order valence-corrected chi connectivity index (χ1v) is 8.99. The van der Waals surface area contributed by atoms with Crippen molar-refractivity contribution < 1.29 is 9.53 Å². The Morgan fingerprint density at radius 3 is 2.57 bits per heavy atom. The van der Waals surface area contributed by atoms with Gasteiger partial charge in [0.2, 0.25) is 0 Å². The normalized spacial score (nSPS) is 16.3. The van der Waals surface area contributed by atoms with E-state index in [-0.39, 0.29) is 5.97 Å². The summed E-state index contributed by atoms with van der Waals surface area (Å²) in [6, 6.07) is 7.88. The zero-order valence-corrected chi connectivity index (χ0v) is 14.9. The van der Waals surface area contributed by atoms with E-state index in [9.17, 15) is 4.79 Å². The summed E-state index contributed by atoms with van der Waals surface area (Å²) < 4.78 is 5.44. The smallest absolute Gasteiger partial charge is 0.338 e. The van der Waals surface area contributed by atoms with Crippen LogP contribution in [0.3, 0.4) is 0 Å². The summed E-state index contributed by atoms with van der Waals surface area (Å²) >= 11 is 0. The van der Waals surface area contributed by atoms with Gasteiger partial charge in [0.1, 0.15) is 5.60 Å². The van der Waals surface area contributed by atoms with E-state index in [1.54, 1.807) is 0 Å². The summed E-state index contributed by atoms with van der Waals surface area (Å²) in [7, 11) is 0. The van der Waals surface area contributed by atoms with Crippen molar-refractivity contribution in [3.63, 3.8) is 0 Å². The van der Waals surface area contributed by atoms with Crippen molar-refractivity contribution in [3.05, 3.63) is 35.4 Å². The number of carbonyl (C=O) groups excluding carboxylic acids is 1. The molecule has 1 fully saturated rings. The number of piperidine rings is 1. The maximum absolute atomic E-state index is 12.1. The minimum atomic E-state index is -0.443. The number of carbonyl (C=O) groups is 1. The topological polar surface area (TPSA) is 29.5 Å². The number of hydrogen-bond acceptors (Lipinski definition) is 3. The molecule has 2 rings (SSSR count). The number of benzene rings is 1. The molecule has 1 aromatic carbocycles. The number of hydrogen-bond donors (Lipinski definition) is 0. The number of aryl methyl sites for hydroxylation is 1. The van der Waals surface area contributed by atoms with Crippen LogP contribution in [0, 0.1) is 0 Å². The maximum atomic E-state index is 12.1. The molecular weight excluding hydrogens is 286 g/mol. The Morgan fingerprint density at radius 1 is 1.13 bits per heavy atom. The van der Waals surface area contributed by atoms with Crippen LogP contribution in [0.15, 0.2) is 24.3 Å². The van der Waals surface area contributed by atoms with Crippen molar-refractivity contribution in [2.24, 2.45) is 0 Å². The second-order valence-electron chi connectivity index (χ2n) is 7.56. The molecular formula is C20H31NO2.